The molecule has 0 bridgehead atoms. The summed E-state index contributed by atoms with van der Waals surface area (Å²) < 4.78 is 15.8. The topological polar surface area (TPSA) is 56.8 Å². The predicted octanol–water partition coefficient (Wildman–Crippen LogP) is 1.57. The van der Waals surface area contributed by atoms with Gasteiger partial charge in [0.25, 0.3) is 0 Å². The minimum Gasteiger partial charge on any atom is -0.497 e. The maximum atomic E-state index is 12.0. The molecule has 1 aromatic rings. The van der Waals surface area contributed by atoms with E-state index in [0.29, 0.717) is 13.2 Å². The Hall–Kier alpha value is -1.75. The number of ether oxygens (including phenoxy) is 3. The first-order valence-corrected chi connectivity index (χ1v) is 6.80. The van der Waals surface area contributed by atoms with Crippen LogP contribution in [-0.2, 0) is 9.53 Å². The zero-order valence-corrected chi connectivity index (χ0v) is 12.1. The molecule has 0 saturated carbocycles. The molecule has 0 amide bonds. The third-order valence-electron chi connectivity index (χ3n) is 3.64. The van der Waals surface area contributed by atoms with E-state index in [1.54, 1.807) is 14.2 Å². The molecule has 1 heterocycles. The second kappa shape index (κ2) is 6.61. The van der Waals surface area contributed by atoms with Crippen LogP contribution >= 0.6 is 0 Å². The lowest BCUT2D eigenvalue weighted by Crippen LogP contribution is -2.24. The van der Waals surface area contributed by atoms with Crippen molar-refractivity contribution in [3.63, 3.8) is 0 Å². The number of benzene rings is 1. The number of esters is 1. The fraction of sp³-hybridized carbons (Fsp3) is 0.533. The van der Waals surface area contributed by atoms with Gasteiger partial charge in [-0.3, -0.25) is 4.79 Å². The summed E-state index contributed by atoms with van der Waals surface area (Å²) in [6.45, 7) is 3.61. The van der Waals surface area contributed by atoms with Crippen LogP contribution in [0.5, 0.6) is 11.5 Å². The Morgan fingerprint density at radius 2 is 2.10 bits per heavy atom. The number of nitrogens with one attached hydrogen (secondary N) is 1. The second-order valence-corrected chi connectivity index (χ2v) is 4.73. The summed E-state index contributed by atoms with van der Waals surface area (Å²) in [6, 6.07) is 5.69. The number of carbonyl (C=O) groups excluding carboxylic acids is 1. The quantitative estimate of drug-likeness (QED) is 0.829. The molecule has 2 atom stereocenters. The van der Waals surface area contributed by atoms with Gasteiger partial charge in [-0.15, -0.1) is 0 Å². The molecule has 1 aliphatic rings. The maximum Gasteiger partial charge on any atom is 0.310 e. The summed E-state index contributed by atoms with van der Waals surface area (Å²) in [5.74, 6) is 1.23. The highest BCUT2D eigenvalue weighted by atomic mass is 16.5. The molecule has 20 heavy (non-hydrogen) atoms. The fourth-order valence-corrected chi connectivity index (χ4v) is 2.63. The first kappa shape index (κ1) is 14.7. The van der Waals surface area contributed by atoms with Gasteiger partial charge in [-0.25, -0.2) is 0 Å². The lowest BCUT2D eigenvalue weighted by Gasteiger charge is -2.20. The molecule has 5 heteroatoms. The number of methoxy groups -OCH3 is 2. The molecule has 1 aliphatic heterocycles. The number of rotatable bonds is 5. The summed E-state index contributed by atoms with van der Waals surface area (Å²) in [7, 11) is 3.24. The largest absolute Gasteiger partial charge is 0.497 e. The number of hydrogen-bond acceptors (Lipinski definition) is 5. The minimum atomic E-state index is -0.169. The first-order valence-electron chi connectivity index (χ1n) is 6.80. The number of hydrogen-bond donors (Lipinski definition) is 1. The second-order valence-electron chi connectivity index (χ2n) is 4.73. The highest BCUT2D eigenvalue weighted by Crippen LogP contribution is 2.36. The van der Waals surface area contributed by atoms with Crippen molar-refractivity contribution in [1.29, 1.82) is 0 Å². The van der Waals surface area contributed by atoms with Crippen molar-refractivity contribution in [3.8, 4) is 11.5 Å². The van der Waals surface area contributed by atoms with Crippen LogP contribution in [0.3, 0.4) is 0 Å². The van der Waals surface area contributed by atoms with Crippen LogP contribution in [0.15, 0.2) is 18.2 Å². The summed E-state index contributed by atoms with van der Waals surface area (Å²) in [5, 5.41) is 3.25. The Bertz CT molecular complexity index is 475. The van der Waals surface area contributed by atoms with E-state index >= 15 is 0 Å². The Morgan fingerprint density at radius 3 is 2.75 bits per heavy atom. The molecule has 5 nitrogen and oxygen atoms in total. The summed E-state index contributed by atoms with van der Waals surface area (Å²) in [5.41, 5.74) is 1.01. The Labute approximate surface area is 119 Å². The Kier molecular flexibility index (Phi) is 4.84. The molecule has 1 N–H and O–H groups in total. The lowest BCUT2D eigenvalue weighted by molar-refractivity contribution is -0.147. The van der Waals surface area contributed by atoms with Crippen molar-refractivity contribution >= 4 is 5.97 Å². The van der Waals surface area contributed by atoms with Crippen molar-refractivity contribution in [3.05, 3.63) is 23.8 Å². The van der Waals surface area contributed by atoms with Crippen molar-refractivity contribution in [1.82, 2.24) is 5.32 Å². The molecular formula is C15H21NO4. The van der Waals surface area contributed by atoms with Crippen LogP contribution < -0.4 is 14.8 Å². The highest BCUT2D eigenvalue weighted by Gasteiger charge is 2.36. The van der Waals surface area contributed by atoms with Crippen LogP contribution in [0.1, 0.15) is 18.4 Å². The van der Waals surface area contributed by atoms with Crippen molar-refractivity contribution in [2.45, 2.75) is 12.8 Å². The van der Waals surface area contributed by atoms with Gasteiger partial charge >= 0.3 is 5.97 Å². The highest BCUT2D eigenvalue weighted by molar-refractivity contribution is 5.75. The van der Waals surface area contributed by atoms with Crippen molar-refractivity contribution in [2.75, 3.05) is 33.9 Å². The predicted molar refractivity (Wildman–Crippen MR) is 75.3 cm³/mol. The van der Waals surface area contributed by atoms with E-state index in [4.69, 9.17) is 14.2 Å². The summed E-state index contributed by atoms with van der Waals surface area (Å²) >= 11 is 0. The molecule has 1 saturated heterocycles. The first-order chi connectivity index (χ1) is 9.71. The van der Waals surface area contributed by atoms with E-state index in [1.807, 2.05) is 25.1 Å². The maximum absolute atomic E-state index is 12.0. The average Bonchev–Trinajstić information content (AvgIpc) is 2.96. The lowest BCUT2D eigenvalue weighted by atomic mass is 9.88. The zero-order chi connectivity index (χ0) is 14.5. The zero-order valence-electron chi connectivity index (χ0n) is 12.1. The molecule has 0 unspecified atom stereocenters. The van der Waals surface area contributed by atoms with Gasteiger partial charge in [0.2, 0.25) is 0 Å². The van der Waals surface area contributed by atoms with Crippen molar-refractivity contribution < 1.29 is 19.0 Å². The van der Waals surface area contributed by atoms with Gasteiger partial charge in [-0.2, -0.15) is 0 Å². The van der Waals surface area contributed by atoms with Crippen LogP contribution in [-0.4, -0.2) is 39.9 Å². The fourth-order valence-electron chi connectivity index (χ4n) is 2.63. The molecule has 2 rings (SSSR count). The normalized spacial score (nSPS) is 21.6. The molecule has 1 fully saturated rings. The smallest absolute Gasteiger partial charge is 0.310 e. The van der Waals surface area contributed by atoms with Crippen LogP contribution in [0.25, 0.3) is 0 Å². The van der Waals surface area contributed by atoms with Crippen LogP contribution in [0.2, 0.25) is 0 Å². The SMILES string of the molecule is CCOC(=O)[C@@H]1CNC[C@H]1c1ccc(OC)cc1OC. The average molecular weight is 279 g/mol. The van der Waals surface area contributed by atoms with Gasteiger partial charge in [0.15, 0.2) is 0 Å². The van der Waals surface area contributed by atoms with E-state index in [2.05, 4.69) is 5.32 Å². The molecular weight excluding hydrogens is 258 g/mol. The third-order valence-corrected chi connectivity index (χ3v) is 3.64. The van der Waals surface area contributed by atoms with Gasteiger partial charge in [-0.05, 0) is 18.6 Å². The molecule has 0 aromatic heterocycles. The van der Waals surface area contributed by atoms with Gasteiger partial charge in [0.1, 0.15) is 11.5 Å². The van der Waals surface area contributed by atoms with E-state index in [0.717, 1.165) is 23.6 Å². The number of carbonyl (C=O) groups is 1. The monoisotopic (exact) mass is 279 g/mol. The third kappa shape index (κ3) is 2.88. The molecule has 0 aliphatic carbocycles. The molecule has 110 valence electrons. The van der Waals surface area contributed by atoms with Crippen LogP contribution in [0.4, 0.5) is 0 Å². The summed E-state index contributed by atoms with van der Waals surface area (Å²) in [6.07, 6.45) is 0. The van der Waals surface area contributed by atoms with E-state index in [-0.39, 0.29) is 17.8 Å². The van der Waals surface area contributed by atoms with Gasteiger partial charge in [0.05, 0.1) is 26.7 Å². The van der Waals surface area contributed by atoms with Gasteiger partial charge in [-0.1, -0.05) is 6.07 Å². The van der Waals surface area contributed by atoms with E-state index in [1.165, 1.54) is 0 Å². The van der Waals surface area contributed by atoms with Crippen molar-refractivity contribution in [2.24, 2.45) is 5.92 Å². The summed E-state index contributed by atoms with van der Waals surface area (Å²) in [4.78, 5) is 12.0. The molecule has 0 radical (unpaired) electrons. The Morgan fingerprint density at radius 1 is 1.30 bits per heavy atom. The van der Waals surface area contributed by atoms with Gasteiger partial charge in [0, 0.05) is 25.1 Å². The van der Waals surface area contributed by atoms with E-state index < -0.39 is 0 Å². The Balaban J connectivity index is 2.27. The van der Waals surface area contributed by atoms with E-state index in [9.17, 15) is 4.79 Å². The van der Waals surface area contributed by atoms with Gasteiger partial charge < -0.3 is 19.5 Å². The standard InChI is InChI=1S/C15H21NO4/c1-4-20-15(17)13-9-16-8-12(13)11-6-5-10(18-2)7-14(11)19-3/h5-7,12-13,16H,4,8-9H2,1-3H3/t12-,13+/m0/s1. The van der Waals surface area contributed by atoms with Crippen LogP contribution in [0, 0.1) is 5.92 Å². The molecule has 1 aromatic carbocycles. The minimum absolute atomic E-state index is 0.0647. The molecule has 0 spiro atoms.